The zero-order valence-corrected chi connectivity index (χ0v) is 11.6. The molecule has 1 aromatic carbocycles. The lowest BCUT2D eigenvalue weighted by molar-refractivity contribution is -0.384. The Morgan fingerprint density at radius 1 is 1.29 bits per heavy atom. The Kier molecular flexibility index (Phi) is 3.65. The van der Waals surface area contributed by atoms with E-state index < -0.39 is 21.6 Å². The lowest BCUT2D eigenvalue weighted by Gasteiger charge is -2.20. The second kappa shape index (κ2) is 5.13. The highest BCUT2D eigenvalue weighted by Gasteiger charge is 2.16. The van der Waals surface area contributed by atoms with Crippen molar-refractivity contribution in [3.63, 3.8) is 0 Å². The topological polar surface area (TPSA) is 121 Å². The van der Waals surface area contributed by atoms with Crippen molar-refractivity contribution in [2.45, 2.75) is 25.9 Å². The molecule has 0 bridgehead atoms. The number of nitro groups is 1. The number of hydrogen-bond acceptors (Lipinski definition) is 5. The van der Waals surface area contributed by atoms with E-state index in [0.717, 1.165) is 0 Å². The second-order valence-electron chi connectivity index (χ2n) is 5.43. The summed E-state index contributed by atoms with van der Waals surface area (Å²) in [7, 11) is 0. The molecule has 0 spiro atoms. The van der Waals surface area contributed by atoms with Gasteiger partial charge in [0, 0.05) is 24.2 Å². The fourth-order valence-electron chi connectivity index (χ4n) is 1.86. The predicted molar refractivity (Wildman–Crippen MR) is 78.1 cm³/mol. The van der Waals surface area contributed by atoms with Crippen LogP contribution < -0.4 is 16.4 Å². The third-order valence-electron chi connectivity index (χ3n) is 2.87. The molecule has 0 aliphatic heterocycles. The van der Waals surface area contributed by atoms with Crippen LogP contribution in [-0.2, 0) is 6.54 Å². The number of fused-ring (bicyclic) bond motifs is 1. The standard InChI is InChI=1S/C13H15N4O4/c1-13(2,3)14-6-7-4-8(17(20)21)5-9-10(7)16-12(19)11(18)15-9/h4-5,14H,1,6H2,2-3H3,(H,15,18)(H,16,19). The summed E-state index contributed by atoms with van der Waals surface area (Å²) in [6.45, 7) is 7.83. The van der Waals surface area contributed by atoms with Gasteiger partial charge in [-0.25, -0.2) is 0 Å². The minimum atomic E-state index is -0.848. The van der Waals surface area contributed by atoms with Gasteiger partial charge in [0.2, 0.25) is 0 Å². The maximum atomic E-state index is 11.4. The lowest BCUT2D eigenvalue weighted by atomic mass is 10.1. The number of non-ortho nitro benzene ring substituents is 1. The molecule has 0 atom stereocenters. The molecule has 2 rings (SSSR count). The molecule has 0 saturated carbocycles. The average molecular weight is 291 g/mol. The van der Waals surface area contributed by atoms with Crippen LogP contribution in [0.25, 0.3) is 11.0 Å². The van der Waals surface area contributed by atoms with Crippen molar-refractivity contribution in [1.82, 2.24) is 15.3 Å². The first-order chi connectivity index (χ1) is 9.67. The van der Waals surface area contributed by atoms with Crippen LogP contribution in [0.5, 0.6) is 0 Å². The van der Waals surface area contributed by atoms with Crippen LogP contribution in [-0.4, -0.2) is 20.4 Å². The summed E-state index contributed by atoms with van der Waals surface area (Å²) in [5, 5.41) is 14.0. The molecular weight excluding hydrogens is 276 g/mol. The van der Waals surface area contributed by atoms with Gasteiger partial charge in [0.1, 0.15) is 0 Å². The zero-order valence-electron chi connectivity index (χ0n) is 11.6. The summed E-state index contributed by atoms with van der Waals surface area (Å²) < 4.78 is 0. The van der Waals surface area contributed by atoms with E-state index in [1.54, 1.807) is 0 Å². The Labute approximate surface area is 119 Å². The summed E-state index contributed by atoms with van der Waals surface area (Å²) >= 11 is 0. The molecule has 8 heteroatoms. The molecule has 3 N–H and O–H groups in total. The highest BCUT2D eigenvalue weighted by molar-refractivity contribution is 5.80. The number of hydrogen-bond donors (Lipinski definition) is 3. The molecule has 1 aromatic heterocycles. The van der Waals surface area contributed by atoms with Gasteiger partial charge in [-0.05, 0) is 26.3 Å². The van der Waals surface area contributed by atoms with Crippen molar-refractivity contribution in [2.75, 3.05) is 0 Å². The maximum absolute atomic E-state index is 11.4. The normalized spacial score (nSPS) is 11.8. The third-order valence-corrected chi connectivity index (χ3v) is 2.87. The highest BCUT2D eigenvalue weighted by Crippen LogP contribution is 2.21. The smallest absolute Gasteiger partial charge is 0.314 e. The van der Waals surface area contributed by atoms with Crippen LogP contribution in [0.3, 0.4) is 0 Å². The molecule has 111 valence electrons. The fourth-order valence-corrected chi connectivity index (χ4v) is 1.86. The van der Waals surface area contributed by atoms with Crippen LogP contribution in [0, 0.1) is 17.0 Å². The van der Waals surface area contributed by atoms with Gasteiger partial charge in [-0.1, -0.05) is 0 Å². The molecule has 8 nitrogen and oxygen atoms in total. The van der Waals surface area contributed by atoms with Crippen molar-refractivity contribution in [2.24, 2.45) is 0 Å². The Morgan fingerprint density at radius 2 is 1.90 bits per heavy atom. The summed E-state index contributed by atoms with van der Waals surface area (Å²) in [6, 6.07) is 2.57. The SMILES string of the molecule is [CH2]C(C)(C)NCc1cc([N+](=O)[O-])cc2[nH]c(=O)c(=O)[nH]c12. The van der Waals surface area contributed by atoms with E-state index in [-0.39, 0.29) is 17.7 Å². The first-order valence-corrected chi connectivity index (χ1v) is 6.21. The summed E-state index contributed by atoms with van der Waals surface area (Å²) in [6.07, 6.45) is 0. The molecule has 0 saturated heterocycles. The van der Waals surface area contributed by atoms with Crippen LogP contribution in [0.2, 0.25) is 0 Å². The first kappa shape index (κ1) is 14.9. The number of H-pyrrole nitrogens is 2. The van der Waals surface area contributed by atoms with Gasteiger partial charge in [0.15, 0.2) is 0 Å². The molecular formula is C13H15N4O4. The molecule has 2 aromatic rings. The number of nitro benzene ring substituents is 1. The molecule has 0 amide bonds. The molecule has 0 unspecified atom stereocenters. The number of benzene rings is 1. The lowest BCUT2D eigenvalue weighted by Crippen LogP contribution is -2.36. The van der Waals surface area contributed by atoms with Crippen molar-refractivity contribution in [3.05, 3.63) is 55.4 Å². The zero-order chi connectivity index (χ0) is 15.8. The Balaban J connectivity index is 2.65. The van der Waals surface area contributed by atoms with Crippen LogP contribution in [0.15, 0.2) is 21.7 Å². The highest BCUT2D eigenvalue weighted by atomic mass is 16.6. The Morgan fingerprint density at radius 3 is 2.48 bits per heavy atom. The van der Waals surface area contributed by atoms with E-state index >= 15 is 0 Å². The van der Waals surface area contributed by atoms with Crippen molar-refractivity contribution in [1.29, 1.82) is 0 Å². The molecule has 0 aliphatic rings. The van der Waals surface area contributed by atoms with E-state index in [2.05, 4.69) is 22.2 Å². The van der Waals surface area contributed by atoms with Gasteiger partial charge in [-0.3, -0.25) is 19.7 Å². The van der Waals surface area contributed by atoms with Crippen molar-refractivity contribution >= 4 is 16.7 Å². The fraction of sp³-hybridized carbons (Fsp3) is 0.308. The number of nitrogens with one attached hydrogen (secondary N) is 3. The molecule has 0 fully saturated rings. The van der Waals surface area contributed by atoms with E-state index in [1.807, 2.05) is 13.8 Å². The van der Waals surface area contributed by atoms with Gasteiger partial charge >= 0.3 is 11.1 Å². The van der Waals surface area contributed by atoms with Crippen LogP contribution >= 0.6 is 0 Å². The van der Waals surface area contributed by atoms with Gasteiger partial charge < -0.3 is 15.3 Å². The largest absolute Gasteiger partial charge is 0.316 e. The average Bonchev–Trinajstić information content (AvgIpc) is 2.36. The number of aromatic amines is 2. The number of aromatic nitrogens is 2. The van der Waals surface area contributed by atoms with Gasteiger partial charge in [-0.2, -0.15) is 0 Å². The van der Waals surface area contributed by atoms with Gasteiger partial charge in [-0.15, -0.1) is 0 Å². The number of rotatable bonds is 4. The monoisotopic (exact) mass is 291 g/mol. The van der Waals surface area contributed by atoms with E-state index in [9.17, 15) is 19.7 Å². The molecule has 21 heavy (non-hydrogen) atoms. The molecule has 1 radical (unpaired) electrons. The van der Waals surface area contributed by atoms with Crippen LogP contribution in [0.1, 0.15) is 19.4 Å². The van der Waals surface area contributed by atoms with Gasteiger partial charge in [0.05, 0.1) is 16.0 Å². The molecule has 0 aliphatic carbocycles. The summed E-state index contributed by atoms with van der Waals surface area (Å²) in [5.41, 5.74) is -1.17. The number of nitrogens with zero attached hydrogens (tertiary/aromatic N) is 1. The van der Waals surface area contributed by atoms with Gasteiger partial charge in [0.25, 0.3) is 5.69 Å². The first-order valence-electron chi connectivity index (χ1n) is 6.21. The minimum absolute atomic E-state index is 0.163. The van der Waals surface area contributed by atoms with E-state index in [4.69, 9.17) is 0 Å². The molecule has 1 heterocycles. The second-order valence-corrected chi connectivity index (χ2v) is 5.43. The Hall–Kier alpha value is -2.48. The van der Waals surface area contributed by atoms with Crippen molar-refractivity contribution in [3.8, 4) is 0 Å². The summed E-state index contributed by atoms with van der Waals surface area (Å²) in [4.78, 5) is 38.0. The predicted octanol–water partition coefficient (Wildman–Crippen LogP) is 0.827. The minimum Gasteiger partial charge on any atom is -0.316 e. The van der Waals surface area contributed by atoms with E-state index in [1.165, 1.54) is 12.1 Å². The van der Waals surface area contributed by atoms with Crippen LogP contribution in [0.4, 0.5) is 5.69 Å². The Bertz CT molecular complexity index is 814. The maximum Gasteiger partial charge on any atom is 0.314 e. The quantitative estimate of drug-likeness (QED) is 0.437. The van der Waals surface area contributed by atoms with E-state index in [0.29, 0.717) is 11.1 Å². The van der Waals surface area contributed by atoms with Crippen molar-refractivity contribution < 1.29 is 4.92 Å². The summed E-state index contributed by atoms with van der Waals surface area (Å²) in [5.74, 6) is 0. The third kappa shape index (κ3) is 3.34.